The minimum Gasteiger partial charge on any atom is -0.399 e. The average molecular weight is 261 g/mol. The smallest absolute Gasteiger partial charge is 0.173 e. The van der Waals surface area contributed by atoms with Crippen LogP contribution in [-0.2, 0) is 0 Å². The van der Waals surface area contributed by atoms with Gasteiger partial charge in [-0.05, 0) is 30.3 Å². The van der Waals surface area contributed by atoms with E-state index in [4.69, 9.17) is 5.73 Å². The molecule has 0 aliphatic carbocycles. The number of hydrogen-bond donors (Lipinski definition) is 1. The fraction of sp³-hybridized carbons (Fsp3) is 0. The molecular formula is C15H11N5. The SMILES string of the molecule is Nc1ccc2cnn(-c3cnc4ccccc4n3)c2c1. The molecule has 0 bridgehead atoms. The number of rotatable bonds is 1. The highest BCUT2D eigenvalue weighted by atomic mass is 15.3. The van der Waals surface area contributed by atoms with Crippen LogP contribution in [0.25, 0.3) is 27.8 Å². The van der Waals surface area contributed by atoms with Crippen LogP contribution in [0.4, 0.5) is 5.69 Å². The summed E-state index contributed by atoms with van der Waals surface area (Å²) in [5, 5.41) is 5.39. The van der Waals surface area contributed by atoms with Crippen LogP contribution >= 0.6 is 0 Å². The summed E-state index contributed by atoms with van der Waals surface area (Å²) in [6, 6.07) is 13.5. The topological polar surface area (TPSA) is 69.6 Å². The summed E-state index contributed by atoms with van der Waals surface area (Å²) in [6.07, 6.45) is 3.52. The number of anilines is 1. The largest absolute Gasteiger partial charge is 0.399 e. The highest BCUT2D eigenvalue weighted by Gasteiger charge is 2.07. The average Bonchev–Trinajstić information content (AvgIpc) is 2.89. The van der Waals surface area contributed by atoms with Gasteiger partial charge in [0.15, 0.2) is 5.82 Å². The van der Waals surface area contributed by atoms with Crippen LogP contribution in [0.15, 0.2) is 54.9 Å². The van der Waals surface area contributed by atoms with Crippen molar-refractivity contribution in [3.63, 3.8) is 0 Å². The van der Waals surface area contributed by atoms with Gasteiger partial charge in [-0.25, -0.2) is 9.67 Å². The highest BCUT2D eigenvalue weighted by molar-refractivity contribution is 5.83. The molecule has 0 spiro atoms. The first kappa shape index (κ1) is 10.9. The molecule has 20 heavy (non-hydrogen) atoms. The Labute approximate surface area is 114 Å². The van der Waals surface area contributed by atoms with Gasteiger partial charge in [-0.1, -0.05) is 12.1 Å². The van der Waals surface area contributed by atoms with Gasteiger partial charge in [0.1, 0.15) is 0 Å². The summed E-state index contributed by atoms with van der Waals surface area (Å²) in [4.78, 5) is 9.01. The van der Waals surface area contributed by atoms with Crippen molar-refractivity contribution >= 4 is 27.6 Å². The predicted molar refractivity (Wildman–Crippen MR) is 78.6 cm³/mol. The van der Waals surface area contributed by atoms with Gasteiger partial charge in [-0.15, -0.1) is 0 Å². The van der Waals surface area contributed by atoms with Crippen molar-refractivity contribution < 1.29 is 0 Å². The maximum absolute atomic E-state index is 5.84. The van der Waals surface area contributed by atoms with E-state index in [0.29, 0.717) is 11.5 Å². The zero-order valence-electron chi connectivity index (χ0n) is 10.6. The lowest BCUT2D eigenvalue weighted by molar-refractivity contribution is 0.874. The lowest BCUT2D eigenvalue weighted by atomic mass is 10.2. The molecule has 0 fully saturated rings. The summed E-state index contributed by atoms with van der Waals surface area (Å²) >= 11 is 0. The molecule has 0 aliphatic rings. The summed E-state index contributed by atoms with van der Waals surface area (Å²) in [5.74, 6) is 0.685. The third-order valence-corrected chi connectivity index (χ3v) is 3.25. The van der Waals surface area contributed by atoms with Gasteiger partial charge in [0.2, 0.25) is 0 Å². The molecule has 0 amide bonds. The molecule has 4 aromatic rings. The Morgan fingerprint density at radius 2 is 1.80 bits per heavy atom. The predicted octanol–water partition coefficient (Wildman–Crippen LogP) is 2.55. The Hall–Kier alpha value is -2.95. The van der Waals surface area contributed by atoms with E-state index in [9.17, 15) is 0 Å². The van der Waals surface area contributed by atoms with Gasteiger partial charge in [-0.3, -0.25) is 4.98 Å². The molecule has 5 heteroatoms. The molecule has 2 aromatic carbocycles. The number of benzene rings is 2. The molecule has 96 valence electrons. The van der Waals surface area contributed by atoms with Gasteiger partial charge in [0.05, 0.1) is 28.9 Å². The molecule has 0 aliphatic heterocycles. The number of fused-ring (bicyclic) bond motifs is 2. The Morgan fingerprint density at radius 1 is 0.950 bits per heavy atom. The fourth-order valence-electron chi connectivity index (χ4n) is 2.27. The molecule has 0 saturated carbocycles. The summed E-state index contributed by atoms with van der Waals surface area (Å²) in [6.45, 7) is 0. The Bertz CT molecular complexity index is 926. The van der Waals surface area contributed by atoms with Crippen LogP contribution < -0.4 is 5.73 Å². The van der Waals surface area contributed by atoms with Crippen molar-refractivity contribution in [2.45, 2.75) is 0 Å². The third-order valence-electron chi connectivity index (χ3n) is 3.25. The van der Waals surface area contributed by atoms with Crippen molar-refractivity contribution in [3.05, 3.63) is 54.9 Å². The summed E-state index contributed by atoms with van der Waals surface area (Å²) in [5.41, 5.74) is 9.18. The van der Waals surface area contributed by atoms with Gasteiger partial charge >= 0.3 is 0 Å². The van der Waals surface area contributed by atoms with Gasteiger partial charge in [-0.2, -0.15) is 5.10 Å². The van der Waals surface area contributed by atoms with E-state index in [0.717, 1.165) is 21.9 Å². The molecule has 2 aromatic heterocycles. The first-order valence-electron chi connectivity index (χ1n) is 6.27. The maximum Gasteiger partial charge on any atom is 0.173 e. The Kier molecular flexibility index (Phi) is 2.20. The fourth-order valence-corrected chi connectivity index (χ4v) is 2.27. The van der Waals surface area contributed by atoms with Crippen LogP contribution in [0.3, 0.4) is 0 Å². The van der Waals surface area contributed by atoms with E-state index >= 15 is 0 Å². The van der Waals surface area contributed by atoms with Crippen LogP contribution in [0, 0.1) is 0 Å². The quantitative estimate of drug-likeness (QED) is 0.534. The Balaban J connectivity index is 1.98. The monoisotopic (exact) mass is 261 g/mol. The van der Waals surface area contributed by atoms with E-state index in [1.165, 1.54) is 0 Å². The van der Waals surface area contributed by atoms with Crippen LogP contribution in [0.2, 0.25) is 0 Å². The summed E-state index contributed by atoms with van der Waals surface area (Å²) < 4.78 is 1.76. The molecule has 0 unspecified atom stereocenters. The standard InChI is InChI=1S/C15H11N5/c16-11-6-5-10-8-18-20(14(10)7-11)15-9-17-12-3-1-2-4-13(12)19-15/h1-9H,16H2. The number of nitrogen functional groups attached to an aromatic ring is 1. The second kappa shape index (κ2) is 4.03. The van der Waals surface area contributed by atoms with E-state index in [-0.39, 0.29) is 0 Å². The zero-order valence-corrected chi connectivity index (χ0v) is 10.6. The number of nitrogens with zero attached hydrogens (tertiary/aromatic N) is 4. The van der Waals surface area contributed by atoms with Crippen LogP contribution in [0.1, 0.15) is 0 Å². The van der Waals surface area contributed by atoms with E-state index in [2.05, 4.69) is 15.1 Å². The normalized spacial score (nSPS) is 11.2. The highest BCUT2D eigenvalue weighted by Crippen LogP contribution is 2.20. The van der Waals surface area contributed by atoms with Gasteiger partial charge in [0.25, 0.3) is 0 Å². The van der Waals surface area contributed by atoms with Crippen molar-refractivity contribution in [2.75, 3.05) is 5.73 Å². The van der Waals surface area contributed by atoms with Crippen molar-refractivity contribution in [1.29, 1.82) is 0 Å². The van der Waals surface area contributed by atoms with Crippen LogP contribution in [-0.4, -0.2) is 19.7 Å². The first-order valence-corrected chi connectivity index (χ1v) is 6.27. The number of nitrogens with two attached hydrogens (primary N) is 1. The molecular weight excluding hydrogens is 250 g/mol. The molecule has 2 heterocycles. The minimum atomic E-state index is 0.685. The molecule has 0 radical (unpaired) electrons. The van der Waals surface area contributed by atoms with Gasteiger partial charge in [0, 0.05) is 11.1 Å². The number of para-hydroxylation sites is 2. The maximum atomic E-state index is 5.84. The van der Waals surface area contributed by atoms with Crippen LogP contribution in [0.5, 0.6) is 0 Å². The lowest BCUT2D eigenvalue weighted by Crippen LogP contribution is -2.01. The third kappa shape index (κ3) is 1.60. The van der Waals surface area contributed by atoms with Gasteiger partial charge < -0.3 is 5.73 Å². The molecule has 0 saturated heterocycles. The molecule has 5 nitrogen and oxygen atoms in total. The molecule has 4 rings (SSSR count). The number of hydrogen-bond acceptors (Lipinski definition) is 4. The van der Waals surface area contributed by atoms with E-state index in [1.54, 1.807) is 17.1 Å². The van der Waals surface area contributed by atoms with Crippen molar-refractivity contribution in [1.82, 2.24) is 19.7 Å². The van der Waals surface area contributed by atoms with Crippen molar-refractivity contribution in [2.24, 2.45) is 0 Å². The lowest BCUT2D eigenvalue weighted by Gasteiger charge is -2.04. The van der Waals surface area contributed by atoms with Crippen molar-refractivity contribution in [3.8, 4) is 5.82 Å². The second-order valence-electron chi connectivity index (χ2n) is 4.59. The van der Waals surface area contributed by atoms with E-state index < -0.39 is 0 Å². The Morgan fingerprint density at radius 3 is 2.70 bits per heavy atom. The number of aromatic nitrogens is 4. The minimum absolute atomic E-state index is 0.685. The first-order chi connectivity index (χ1) is 9.81. The zero-order chi connectivity index (χ0) is 13.5. The second-order valence-corrected chi connectivity index (χ2v) is 4.59. The molecule has 0 atom stereocenters. The van der Waals surface area contributed by atoms with E-state index in [1.807, 2.05) is 42.5 Å². The summed E-state index contributed by atoms with van der Waals surface area (Å²) in [7, 11) is 0. The molecule has 2 N–H and O–H groups in total.